The Morgan fingerprint density at radius 1 is 1.41 bits per heavy atom. The SMILES string of the molecule is CCN(Cc1ccco1)CC(CS)C(C)(C)C. The van der Waals surface area contributed by atoms with E-state index in [9.17, 15) is 0 Å². The largest absolute Gasteiger partial charge is 0.468 e. The van der Waals surface area contributed by atoms with Crippen LogP contribution in [0.5, 0.6) is 0 Å². The van der Waals surface area contributed by atoms with Crippen LogP contribution in [-0.2, 0) is 6.54 Å². The third-order valence-electron chi connectivity index (χ3n) is 3.33. The summed E-state index contributed by atoms with van der Waals surface area (Å²) in [5.41, 5.74) is 0.304. The van der Waals surface area contributed by atoms with Crippen LogP contribution >= 0.6 is 12.6 Å². The number of furan rings is 1. The maximum absolute atomic E-state index is 5.41. The zero-order valence-corrected chi connectivity index (χ0v) is 12.3. The van der Waals surface area contributed by atoms with E-state index < -0.39 is 0 Å². The Hall–Kier alpha value is -0.410. The first-order valence-electron chi connectivity index (χ1n) is 6.33. The van der Waals surface area contributed by atoms with E-state index in [0.717, 1.165) is 31.1 Å². The molecule has 1 unspecified atom stereocenters. The summed E-state index contributed by atoms with van der Waals surface area (Å²) in [5, 5.41) is 0. The van der Waals surface area contributed by atoms with Crippen molar-refractivity contribution < 1.29 is 4.42 Å². The fraction of sp³-hybridized carbons (Fsp3) is 0.714. The van der Waals surface area contributed by atoms with Crippen LogP contribution in [0.2, 0.25) is 0 Å². The van der Waals surface area contributed by atoms with Gasteiger partial charge in [0.1, 0.15) is 5.76 Å². The Labute approximate surface area is 111 Å². The highest BCUT2D eigenvalue weighted by Gasteiger charge is 2.25. The molecule has 0 saturated heterocycles. The molecule has 0 fully saturated rings. The molecular formula is C14H25NOS. The van der Waals surface area contributed by atoms with Gasteiger partial charge in [0.2, 0.25) is 0 Å². The summed E-state index contributed by atoms with van der Waals surface area (Å²) in [6.07, 6.45) is 1.74. The molecule has 98 valence electrons. The lowest BCUT2D eigenvalue weighted by Gasteiger charge is -2.33. The van der Waals surface area contributed by atoms with E-state index in [1.165, 1.54) is 0 Å². The predicted molar refractivity (Wildman–Crippen MR) is 76.5 cm³/mol. The van der Waals surface area contributed by atoms with E-state index in [0.29, 0.717) is 11.3 Å². The first kappa shape index (κ1) is 14.7. The van der Waals surface area contributed by atoms with E-state index in [1.807, 2.05) is 12.1 Å². The minimum atomic E-state index is 0.304. The Bertz CT molecular complexity index is 303. The Balaban J connectivity index is 2.56. The van der Waals surface area contributed by atoms with Crippen LogP contribution in [0.25, 0.3) is 0 Å². The van der Waals surface area contributed by atoms with E-state index in [2.05, 4.69) is 45.2 Å². The van der Waals surface area contributed by atoms with E-state index in [1.54, 1.807) is 6.26 Å². The standard InChI is InChI=1S/C14H25NOS/c1-5-15(10-13-7-6-8-16-13)9-12(11-17)14(2,3)4/h6-8,12,17H,5,9-11H2,1-4H3. The molecule has 0 saturated carbocycles. The normalized spacial score (nSPS) is 14.2. The Kier molecular flexibility index (Phi) is 5.60. The summed E-state index contributed by atoms with van der Waals surface area (Å²) in [6.45, 7) is 12.1. The lowest BCUT2D eigenvalue weighted by molar-refractivity contribution is 0.157. The second-order valence-corrected chi connectivity index (χ2v) is 6.02. The molecule has 0 amide bonds. The van der Waals surface area contributed by atoms with Crippen LogP contribution < -0.4 is 0 Å². The molecule has 0 N–H and O–H groups in total. The van der Waals surface area contributed by atoms with E-state index in [4.69, 9.17) is 4.42 Å². The van der Waals surface area contributed by atoms with Crippen LogP contribution in [-0.4, -0.2) is 23.7 Å². The lowest BCUT2D eigenvalue weighted by atomic mass is 9.81. The van der Waals surface area contributed by atoms with Crippen LogP contribution in [0.1, 0.15) is 33.5 Å². The van der Waals surface area contributed by atoms with Crippen molar-refractivity contribution in [3.8, 4) is 0 Å². The first-order chi connectivity index (χ1) is 7.97. The van der Waals surface area contributed by atoms with E-state index in [-0.39, 0.29) is 0 Å². The molecule has 1 heterocycles. The second kappa shape index (κ2) is 6.50. The monoisotopic (exact) mass is 255 g/mol. The molecule has 0 aliphatic heterocycles. The molecule has 0 aliphatic rings. The third kappa shape index (κ3) is 4.76. The van der Waals surface area contributed by atoms with Gasteiger partial charge in [0.05, 0.1) is 12.8 Å². The van der Waals surface area contributed by atoms with Crippen molar-refractivity contribution >= 4 is 12.6 Å². The fourth-order valence-corrected chi connectivity index (χ4v) is 2.51. The van der Waals surface area contributed by atoms with Gasteiger partial charge in [-0.25, -0.2) is 0 Å². The molecule has 1 aromatic heterocycles. The molecule has 0 bridgehead atoms. The van der Waals surface area contributed by atoms with Gasteiger partial charge in [-0.2, -0.15) is 12.6 Å². The molecule has 1 atom stereocenters. The van der Waals surface area contributed by atoms with Crippen molar-refractivity contribution in [3.05, 3.63) is 24.2 Å². The van der Waals surface area contributed by atoms with E-state index >= 15 is 0 Å². The van der Waals surface area contributed by atoms with Crippen LogP contribution in [0.4, 0.5) is 0 Å². The Morgan fingerprint density at radius 2 is 2.12 bits per heavy atom. The fourth-order valence-electron chi connectivity index (χ4n) is 1.85. The summed E-state index contributed by atoms with van der Waals surface area (Å²) >= 11 is 4.49. The molecule has 1 rings (SSSR count). The lowest BCUT2D eigenvalue weighted by Crippen LogP contribution is -2.36. The zero-order chi connectivity index (χ0) is 12.9. The molecule has 0 spiro atoms. The summed E-state index contributed by atoms with van der Waals surface area (Å²) in [6, 6.07) is 3.98. The molecule has 3 heteroatoms. The third-order valence-corrected chi connectivity index (χ3v) is 3.77. The highest BCUT2D eigenvalue weighted by atomic mass is 32.1. The Morgan fingerprint density at radius 3 is 2.53 bits per heavy atom. The topological polar surface area (TPSA) is 16.4 Å². The minimum absolute atomic E-state index is 0.304. The minimum Gasteiger partial charge on any atom is -0.468 e. The van der Waals surface area contributed by atoms with Crippen molar-refractivity contribution in [3.63, 3.8) is 0 Å². The van der Waals surface area contributed by atoms with Gasteiger partial charge in [0.15, 0.2) is 0 Å². The summed E-state index contributed by atoms with van der Waals surface area (Å²) in [7, 11) is 0. The zero-order valence-electron chi connectivity index (χ0n) is 11.4. The molecule has 0 aromatic carbocycles. The maximum Gasteiger partial charge on any atom is 0.117 e. The van der Waals surface area contributed by atoms with Gasteiger partial charge >= 0.3 is 0 Å². The number of hydrogen-bond acceptors (Lipinski definition) is 3. The van der Waals surface area contributed by atoms with Crippen molar-refractivity contribution in [2.75, 3.05) is 18.8 Å². The maximum atomic E-state index is 5.41. The molecule has 17 heavy (non-hydrogen) atoms. The van der Waals surface area contributed by atoms with Gasteiger partial charge in [-0.1, -0.05) is 27.7 Å². The summed E-state index contributed by atoms with van der Waals surface area (Å²) < 4.78 is 5.41. The second-order valence-electron chi connectivity index (χ2n) is 5.65. The van der Waals surface area contributed by atoms with Gasteiger partial charge in [-0.3, -0.25) is 4.90 Å². The van der Waals surface area contributed by atoms with Gasteiger partial charge < -0.3 is 4.42 Å². The molecule has 0 aliphatic carbocycles. The summed E-state index contributed by atoms with van der Waals surface area (Å²) in [4.78, 5) is 2.42. The molecule has 2 nitrogen and oxygen atoms in total. The van der Waals surface area contributed by atoms with Gasteiger partial charge in [-0.15, -0.1) is 0 Å². The number of nitrogens with zero attached hydrogens (tertiary/aromatic N) is 1. The average Bonchev–Trinajstić information content (AvgIpc) is 2.74. The van der Waals surface area contributed by atoms with Gasteiger partial charge in [0, 0.05) is 6.54 Å². The van der Waals surface area contributed by atoms with Crippen LogP contribution in [0, 0.1) is 11.3 Å². The quantitative estimate of drug-likeness (QED) is 0.780. The molecular weight excluding hydrogens is 230 g/mol. The van der Waals surface area contributed by atoms with Gasteiger partial charge in [-0.05, 0) is 35.8 Å². The van der Waals surface area contributed by atoms with Crippen molar-refractivity contribution in [2.24, 2.45) is 11.3 Å². The van der Waals surface area contributed by atoms with Crippen LogP contribution in [0.15, 0.2) is 22.8 Å². The summed E-state index contributed by atoms with van der Waals surface area (Å²) in [5.74, 6) is 2.57. The smallest absolute Gasteiger partial charge is 0.117 e. The van der Waals surface area contributed by atoms with Crippen molar-refractivity contribution in [1.29, 1.82) is 0 Å². The number of rotatable bonds is 6. The molecule has 0 radical (unpaired) electrons. The number of hydrogen-bond donors (Lipinski definition) is 1. The molecule has 1 aromatic rings. The average molecular weight is 255 g/mol. The van der Waals surface area contributed by atoms with Crippen LogP contribution in [0.3, 0.4) is 0 Å². The van der Waals surface area contributed by atoms with Gasteiger partial charge in [0.25, 0.3) is 0 Å². The highest BCUT2D eigenvalue weighted by Crippen LogP contribution is 2.28. The first-order valence-corrected chi connectivity index (χ1v) is 6.96. The highest BCUT2D eigenvalue weighted by molar-refractivity contribution is 7.80. The predicted octanol–water partition coefficient (Wildman–Crippen LogP) is 3.69. The van der Waals surface area contributed by atoms with Crippen molar-refractivity contribution in [1.82, 2.24) is 4.90 Å². The number of thiol groups is 1. The van der Waals surface area contributed by atoms with Crippen molar-refractivity contribution in [2.45, 2.75) is 34.2 Å².